The molecule has 4 N–H and O–H groups in total. The van der Waals surface area contributed by atoms with Crippen LogP contribution in [-0.4, -0.2) is 36.4 Å². The lowest BCUT2D eigenvalue weighted by Crippen LogP contribution is -2.32. The summed E-state index contributed by atoms with van der Waals surface area (Å²) >= 11 is 0. The van der Waals surface area contributed by atoms with Crippen LogP contribution in [0.4, 0.5) is 0 Å². The highest BCUT2D eigenvalue weighted by molar-refractivity contribution is 5.94. The second-order valence-electron chi connectivity index (χ2n) is 7.93. The van der Waals surface area contributed by atoms with Gasteiger partial charge in [-0.25, -0.2) is 0 Å². The first-order valence-electron chi connectivity index (χ1n) is 10.8. The number of hydrogen-bond donors (Lipinski definition) is 3. The third-order valence-electron chi connectivity index (χ3n) is 5.60. The zero-order chi connectivity index (χ0) is 23.2. The van der Waals surface area contributed by atoms with Crippen molar-refractivity contribution in [2.24, 2.45) is 5.73 Å². The van der Waals surface area contributed by atoms with Crippen LogP contribution in [0.25, 0.3) is 11.1 Å². The minimum Gasteiger partial charge on any atom is -0.480 e. The molecule has 1 unspecified atom stereocenters. The first-order chi connectivity index (χ1) is 16.0. The molecule has 0 aromatic heterocycles. The number of nitrogens with two attached hydrogens (primary N) is 1. The third-order valence-corrected chi connectivity index (χ3v) is 5.60. The van der Waals surface area contributed by atoms with E-state index in [0.29, 0.717) is 12.1 Å². The van der Waals surface area contributed by atoms with E-state index in [-0.39, 0.29) is 19.1 Å². The number of ether oxygens (including phenoxy) is 2. The SMILES string of the molecule is NC(Cc1ccc(C(=O)NCCCc2ccccc2-c2ccc3c(c2)OCO3)cc1)C(=O)O. The predicted octanol–water partition coefficient (Wildman–Crippen LogP) is 3.40. The monoisotopic (exact) mass is 446 g/mol. The number of benzene rings is 3. The number of fused-ring (bicyclic) bond motifs is 1. The highest BCUT2D eigenvalue weighted by Crippen LogP contribution is 2.36. The first kappa shape index (κ1) is 22.4. The fourth-order valence-corrected chi connectivity index (χ4v) is 3.80. The molecule has 7 heteroatoms. The van der Waals surface area contributed by atoms with Crippen molar-refractivity contribution in [2.75, 3.05) is 13.3 Å². The molecule has 1 amide bonds. The van der Waals surface area contributed by atoms with Gasteiger partial charge in [0.2, 0.25) is 6.79 Å². The van der Waals surface area contributed by atoms with Crippen molar-refractivity contribution < 1.29 is 24.2 Å². The van der Waals surface area contributed by atoms with Gasteiger partial charge in [-0.1, -0.05) is 42.5 Å². The van der Waals surface area contributed by atoms with Crippen molar-refractivity contribution in [1.82, 2.24) is 5.32 Å². The van der Waals surface area contributed by atoms with Crippen LogP contribution in [0, 0.1) is 0 Å². The molecular formula is C26H26N2O5. The van der Waals surface area contributed by atoms with Crippen LogP contribution in [0.3, 0.4) is 0 Å². The maximum Gasteiger partial charge on any atom is 0.320 e. The summed E-state index contributed by atoms with van der Waals surface area (Å²) in [6.07, 6.45) is 1.83. The van der Waals surface area contributed by atoms with E-state index in [1.807, 2.05) is 30.3 Å². The van der Waals surface area contributed by atoms with Crippen LogP contribution < -0.4 is 20.5 Å². The Balaban J connectivity index is 1.31. The average molecular weight is 447 g/mol. The average Bonchev–Trinajstić information content (AvgIpc) is 3.30. The zero-order valence-corrected chi connectivity index (χ0v) is 18.1. The number of carbonyl (C=O) groups is 2. The molecule has 0 spiro atoms. The highest BCUT2D eigenvalue weighted by Gasteiger charge is 2.15. The van der Waals surface area contributed by atoms with Gasteiger partial charge in [-0.15, -0.1) is 0 Å². The van der Waals surface area contributed by atoms with Crippen molar-refractivity contribution >= 4 is 11.9 Å². The number of carboxylic acids is 1. The van der Waals surface area contributed by atoms with Gasteiger partial charge in [-0.3, -0.25) is 9.59 Å². The van der Waals surface area contributed by atoms with Crippen molar-refractivity contribution in [3.05, 3.63) is 83.4 Å². The summed E-state index contributed by atoms with van der Waals surface area (Å²) in [5.41, 5.74) is 10.3. The molecule has 170 valence electrons. The molecule has 1 atom stereocenters. The Morgan fingerprint density at radius 1 is 1.00 bits per heavy atom. The summed E-state index contributed by atoms with van der Waals surface area (Å²) in [5.74, 6) is 0.312. The van der Waals surface area contributed by atoms with E-state index in [0.717, 1.165) is 41.0 Å². The fraction of sp³-hybridized carbons (Fsp3) is 0.231. The van der Waals surface area contributed by atoms with E-state index in [1.165, 1.54) is 5.56 Å². The molecule has 1 aliphatic rings. The molecule has 1 heterocycles. The number of carboxylic acid groups (broad SMARTS) is 1. The van der Waals surface area contributed by atoms with Crippen molar-refractivity contribution in [3.63, 3.8) is 0 Å². The smallest absolute Gasteiger partial charge is 0.320 e. The minimum absolute atomic E-state index is 0.159. The van der Waals surface area contributed by atoms with Crippen LogP contribution in [0.1, 0.15) is 27.9 Å². The van der Waals surface area contributed by atoms with E-state index in [4.69, 9.17) is 20.3 Å². The molecule has 4 rings (SSSR count). The summed E-state index contributed by atoms with van der Waals surface area (Å²) in [5, 5.41) is 11.9. The Morgan fingerprint density at radius 3 is 2.55 bits per heavy atom. The first-order valence-corrected chi connectivity index (χ1v) is 10.8. The van der Waals surface area contributed by atoms with Gasteiger partial charge in [-0.2, -0.15) is 0 Å². The quantitative estimate of drug-likeness (QED) is 0.435. The molecule has 33 heavy (non-hydrogen) atoms. The highest BCUT2D eigenvalue weighted by atomic mass is 16.7. The molecule has 3 aromatic carbocycles. The lowest BCUT2D eigenvalue weighted by atomic mass is 9.96. The van der Waals surface area contributed by atoms with Crippen LogP contribution in [0.2, 0.25) is 0 Å². The molecule has 0 saturated carbocycles. The van der Waals surface area contributed by atoms with Gasteiger partial charge in [0.25, 0.3) is 5.91 Å². The molecular weight excluding hydrogens is 420 g/mol. The van der Waals surface area contributed by atoms with E-state index in [2.05, 4.69) is 17.4 Å². The third kappa shape index (κ3) is 5.51. The molecule has 1 aliphatic heterocycles. The standard InChI is InChI=1S/C26H26N2O5/c27-22(26(30)31)14-17-7-9-19(10-8-17)25(29)28-13-3-5-18-4-1-2-6-21(18)20-11-12-23-24(15-20)33-16-32-23/h1-2,4,6-12,15,22H,3,5,13-14,16,27H2,(H,28,29)(H,30,31). The second-order valence-corrected chi connectivity index (χ2v) is 7.93. The van der Waals surface area contributed by atoms with Gasteiger partial charge in [-0.05, 0) is 65.8 Å². The largest absolute Gasteiger partial charge is 0.480 e. The van der Waals surface area contributed by atoms with E-state index < -0.39 is 12.0 Å². The summed E-state index contributed by atoms with van der Waals surface area (Å²) in [7, 11) is 0. The van der Waals surface area contributed by atoms with Crippen molar-refractivity contribution in [2.45, 2.75) is 25.3 Å². The van der Waals surface area contributed by atoms with Gasteiger partial charge >= 0.3 is 5.97 Å². The van der Waals surface area contributed by atoms with Gasteiger partial charge in [0.15, 0.2) is 11.5 Å². The summed E-state index contributed by atoms with van der Waals surface area (Å²) < 4.78 is 10.9. The second kappa shape index (κ2) is 10.2. The van der Waals surface area contributed by atoms with E-state index in [1.54, 1.807) is 24.3 Å². The van der Waals surface area contributed by atoms with Gasteiger partial charge in [0.1, 0.15) is 6.04 Å². The van der Waals surface area contributed by atoms with Crippen LogP contribution in [0.15, 0.2) is 66.7 Å². The van der Waals surface area contributed by atoms with E-state index in [9.17, 15) is 9.59 Å². The van der Waals surface area contributed by atoms with Gasteiger partial charge < -0.3 is 25.6 Å². The molecule has 0 fully saturated rings. The molecule has 0 radical (unpaired) electrons. The molecule has 3 aromatic rings. The number of amides is 1. The maximum atomic E-state index is 12.4. The Morgan fingerprint density at radius 2 is 1.76 bits per heavy atom. The Kier molecular flexibility index (Phi) is 6.90. The predicted molar refractivity (Wildman–Crippen MR) is 124 cm³/mol. The van der Waals surface area contributed by atoms with Crippen LogP contribution in [0.5, 0.6) is 11.5 Å². The molecule has 7 nitrogen and oxygen atoms in total. The zero-order valence-electron chi connectivity index (χ0n) is 18.1. The van der Waals surface area contributed by atoms with Gasteiger partial charge in [0, 0.05) is 12.1 Å². The van der Waals surface area contributed by atoms with Gasteiger partial charge in [0.05, 0.1) is 0 Å². The number of rotatable bonds is 9. The molecule has 0 aliphatic carbocycles. The normalized spacial score (nSPS) is 12.9. The lowest BCUT2D eigenvalue weighted by Gasteiger charge is -2.11. The number of carbonyl (C=O) groups excluding carboxylic acids is 1. The number of aryl methyl sites for hydroxylation is 1. The fourth-order valence-electron chi connectivity index (χ4n) is 3.80. The summed E-state index contributed by atoms with van der Waals surface area (Å²) in [6.45, 7) is 0.790. The van der Waals surface area contributed by atoms with Crippen molar-refractivity contribution in [1.29, 1.82) is 0 Å². The lowest BCUT2D eigenvalue weighted by molar-refractivity contribution is -0.138. The topological polar surface area (TPSA) is 111 Å². The Labute approximate surface area is 192 Å². The number of hydrogen-bond acceptors (Lipinski definition) is 5. The number of aliphatic carboxylic acids is 1. The van der Waals surface area contributed by atoms with Crippen LogP contribution >= 0.6 is 0 Å². The minimum atomic E-state index is -1.04. The molecule has 0 bridgehead atoms. The van der Waals surface area contributed by atoms with Crippen LogP contribution in [-0.2, 0) is 17.6 Å². The Bertz CT molecular complexity index is 1140. The van der Waals surface area contributed by atoms with Crippen molar-refractivity contribution in [3.8, 4) is 22.6 Å². The maximum absolute atomic E-state index is 12.4. The summed E-state index contributed by atoms with van der Waals surface area (Å²) in [6, 6.07) is 20.1. The molecule has 0 saturated heterocycles. The van der Waals surface area contributed by atoms with E-state index >= 15 is 0 Å². The summed E-state index contributed by atoms with van der Waals surface area (Å²) in [4.78, 5) is 23.3. The Hall–Kier alpha value is -3.84. The number of nitrogens with one attached hydrogen (secondary N) is 1.